The molecule has 0 spiro atoms. The summed E-state index contributed by atoms with van der Waals surface area (Å²) in [6.07, 6.45) is 5.81. The molecule has 0 atom stereocenters. The smallest absolute Gasteiger partial charge is 0.0594 e. The first-order valence-electron chi connectivity index (χ1n) is 6.14. The highest BCUT2D eigenvalue weighted by Crippen LogP contribution is 2.42. The number of allylic oxidation sites excluding steroid dienone is 2. The van der Waals surface area contributed by atoms with E-state index in [4.69, 9.17) is 0 Å². The van der Waals surface area contributed by atoms with Gasteiger partial charge in [-0.25, -0.2) is 0 Å². The molecule has 1 nitrogen and oxygen atoms in total. The van der Waals surface area contributed by atoms with Crippen LogP contribution in [0.4, 0.5) is 0 Å². The quantitative estimate of drug-likeness (QED) is 0.696. The molecule has 1 aliphatic rings. The molecule has 0 aromatic carbocycles. The molecule has 0 bridgehead atoms. The molecule has 88 valence electrons. The Morgan fingerprint density at radius 3 is 2.40 bits per heavy atom. The molecule has 0 heterocycles. The zero-order valence-corrected chi connectivity index (χ0v) is 11.0. The van der Waals surface area contributed by atoms with Crippen LogP contribution in [0.3, 0.4) is 0 Å². The molecule has 0 aromatic heterocycles. The van der Waals surface area contributed by atoms with Crippen LogP contribution in [-0.4, -0.2) is 10.7 Å². The van der Waals surface area contributed by atoms with E-state index in [0.29, 0.717) is 5.41 Å². The van der Waals surface area contributed by atoms with Gasteiger partial charge in [-0.2, -0.15) is 0 Å². The predicted molar refractivity (Wildman–Crippen MR) is 65.9 cm³/mol. The van der Waals surface area contributed by atoms with Crippen LogP contribution < -0.4 is 0 Å². The lowest BCUT2D eigenvalue weighted by Gasteiger charge is -2.35. The number of hydrogen-bond acceptors (Lipinski definition) is 1. The maximum Gasteiger partial charge on any atom is 0.0594 e. The van der Waals surface area contributed by atoms with Gasteiger partial charge in [0, 0.05) is 0 Å². The van der Waals surface area contributed by atoms with Crippen molar-refractivity contribution in [3.63, 3.8) is 0 Å². The topological polar surface area (TPSA) is 20.2 Å². The fourth-order valence-corrected chi connectivity index (χ4v) is 2.66. The highest BCUT2D eigenvalue weighted by Gasteiger charge is 2.29. The van der Waals surface area contributed by atoms with E-state index in [0.717, 1.165) is 12.8 Å². The Morgan fingerprint density at radius 2 is 1.93 bits per heavy atom. The van der Waals surface area contributed by atoms with Crippen molar-refractivity contribution in [3.05, 3.63) is 11.1 Å². The van der Waals surface area contributed by atoms with Gasteiger partial charge in [-0.1, -0.05) is 25.0 Å². The number of aliphatic hydroxyl groups is 1. The Labute approximate surface area is 94.6 Å². The molecule has 1 rings (SSSR count). The molecule has 0 aliphatic heterocycles. The van der Waals surface area contributed by atoms with Crippen molar-refractivity contribution in [3.8, 4) is 0 Å². The molecule has 0 fully saturated rings. The van der Waals surface area contributed by atoms with Gasteiger partial charge in [0.15, 0.2) is 0 Å². The standard InChI is InChI=1S/C14H26O/c1-11-7-6-9-13(2,3)12(11)8-10-14(4,5)15/h15H,6-10H2,1-5H3. The maximum absolute atomic E-state index is 9.78. The van der Waals surface area contributed by atoms with Crippen molar-refractivity contribution < 1.29 is 5.11 Å². The summed E-state index contributed by atoms with van der Waals surface area (Å²) in [5.41, 5.74) is 2.99. The van der Waals surface area contributed by atoms with Gasteiger partial charge in [-0.05, 0) is 58.3 Å². The minimum Gasteiger partial charge on any atom is -0.390 e. The second kappa shape index (κ2) is 4.29. The van der Waals surface area contributed by atoms with Gasteiger partial charge in [0.1, 0.15) is 0 Å². The second-order valence-corrected chi connectivity index (χ2v) is 6.31. The van der Waals surface area contributed by atoms with Gasteiger partial charge in [-0.3, -0.25) is 0 Å². The average Bonchev–Trinajstić information content (AvgIpc) is 1.99. The summed E-state index contributed by atoms with van der Waals surface area (Å²) in [6, 6.07) is 0. The Bertz CT molecular complexity index is 253. The second-order valence-electron chi connectivity index (χ2n) is 6.31. The number of rotatable bonds is 3. The molecule has 0 saturated heterocycles. The SMILES string of the molecule is CC1=C(CCC(C)(C)O)C(C)(C)CCC1. The van der Waals surface area contributed by atoms with Gasteiger partial charge in [0.2, 0.25) is 0 Å². The lowest BCUT2D eigenvalue weighted by molar-refractivity contribution is 0.0695. The van der Waals surface area contributed by atoms with Crippen molar-refractivity contribution in [1.82, 2.24) is 0 Å². The summed E-state index contributed by atoms with van der Waals surface area (Å²) in [4.78, 5) is 0. The van der Waals surface area contributed by atoms with Crippen molar-refractivity contribution in [2.75, 3.05) is 0 Å². The summed E-state index contributed by atoms with van der Waals surface area (Å²) in [6.45, 7) is 10.8. The number of hydrogen-bond donors (Lipinski definition) is 1. The minimum absolute atomic E-state index is 0.355. The third-order valence-corrected chi connectivity index (χ3v) is 3.67. The van der Waals surface area contributed by atoms with Crippen LogP contribution in [0.1, 0.15) is 66.7 Å². The average molecular weight is 210 g/mol. The van der Waals surface area contributed by atoms with Crippen LogP contribution in [0.25, 0.3) is 0 Å². The summed E-state index contributed by atoms with van der Waals surface area (Å²) >= 11 is 0. The maximum atomic E-state index is 9.78. The van der Waals surface area contributed by atoms with E-state index in [1.807, 2.05) is 13.8 Å². The van der Waals surface area contributed by atoms with Gasteiger partial charge < -0.3 is 5.11 Å². The lowest BCUT2D eigenvalue weighted by Crippen LogP contribution is -2.24. The van der Waals surface area contributed by atoms with Crippen LogP contribution in [0.15, 0.2) is 11.1 Å². The molecular formula is C14H26O. The molecule has 1 N–H and O–H groups in total. The molecule has 15 heavy (non-hydrogen) atoms. The molecule has 0 amide bonds. The fourth-order valence-electron chi connectivity index (χ4n) is 2.66. The summed E-state index contributed by atoms with van der Waals surface area (Å²) < 4.78 is 0. The van der Waals surface area contributed by atoms with Gasteiger partial charge in [-0.15, -0.1) is 0 Å². The minimum atomic E-state index is -0.527. The first-order valence-corrected chi connectivity index (χ1v) is 6.14. The van der Waals surface area contributed by atoms with Gasteiger partial charge >= 0.3 is 0 Å². The van der Waals surface area contributed by atoms with Crippen molar-refractivity contribution in [2.45, 2.75) is 72.3 Å². The first kappa shape index (κ1) is 12.8. The molecule has 0 unspecified atom stereocenters. The molecule has 0 radical (unpaired) electrons. The normalized spacial score (nSPS) is 22.0. The monoisotopic (exact) mass is 210 g/mol. The third-order valence-electron chi connectivity index (χ3n) is 3.67. The van der Waals surface area contributed by atoms with E-state index in [1.54, 1.807) is 11.1 Å². The molecule has 0 saturated carbocycles. The fraction of sp³-hybridized carbons (Fsp3) is 0.857. The molecule has 1 aliphatic carbocycles. The van der Waals surface area contributed by atoms with Crippen LogP contribution in [-0.2, 0) is 0 Å². The van der Waals surface area contributed by atoms with Crippen molar-refractivity contribution >= 4 is 0 Å². The van der Waals surface area contributed by atoms with E-state index in [1.165, 1.54) is 19.3 Å². The van der Waals surface area contributed by atoms with E-state index < -0.39 is 5.60 Å². The van der Waals surface area contributed by atoms with Crippen LogP contribution in [0, 0.1) is 5.41 Å². The Balaban J connectivity index is 2.73. The van der Waals surface area contributed by atoms with Crippen molar-refractivity contribution in [2.24, 2.45) is 5.41 Å². The Kier molecular flexibility index (Phi) is 3.65. The Morgan fingerprint density at radius 1 is 1.33 bits per heavy atom. The predicted octanol–water partition coefficient (Wildman–Crippen LogP) is 4.06. The molecular weight excluding hydrogens is 184 g/mol. The van der Waals surface area contributed by atoms with E-state index in [-0.39, 0.29) is 0 Å². The van der Waals surface area contributed by atoms with Crippen LogP contribution >= 0.6 is 0 Å². The van der Waals surface area contributed by atoms with Gasteiger partial charge in [0.05, 0.1) is 5.60 Å². The highest BCUT2D eigenvalue weighted by molar-refractivity contribution is 5.22. The van der Waals surface area contributed by atoms with E-state index >= 15 is 0 Å². The van der Waals surface area contributed by atoms with Gasteiger partial charge in [0.25, 0.3) is 0 Å². The van der Waals surface area contributed by atoms with E-state index in [2.05, 4.69) is 20.8 Å². The zero-order valence-electron chi connectivity index (χ0n) is 11.0. The molecule has 1 heteroatoms. The summed E-state index contributed by atoms with van der Waals surface area (Å²) in [5.74, 6) is 0. The third kappa shape index (κ3) is 3.64. The van der Waals surface area contributed by atoms with Crippen LogP contribution in [0.2, 0.25) is 0 Å². The largest absolute Gasteiger partial charge is 0.390 e. The summed E-state index contributed by atoms with van der Waals surface area (Å²) in [5, 5.41) is 9.78. The van der Waals surface area contributed by atoms with Crippen molar-refractivity contribution in [1.29, 1.82) is 0 Å². The molecule has 0 aromatic rings. The summed E-state index contributed by atoms with van der Waals surface area (Å²) in [7, 11) is 0. The Hall–Kier alpha value is -0.300. The first-order chi connectivity index (χ1) is 6.72. The zero-order chi connectivity index (χ0) is 11.7. The van der Waals surface area contributed by atoms with Crippen LogP contribution in [0.5, 0.6) is 0 Å². The lowest BCUT2D eigenvalue weighted by atomic mass is 9.70. The highest BCUT2D eigenvalue weighted by atomic mass is 16.3. The van der Waals surface area contributed by atoms with E-state index in [9.17, 15) is 5.11 Å².